The minimum Gasteiger partial charge on any atom is -0.389 e. The van der Waals surface area contributed by atoms with E-state index in [9.17, 15) is 15.0 Å². The second kappa shape index (κ2) is 5.40. The number of hydrogen-bond donors (Lipinski definition) is 2. The Morgan fingerprint density at radius 1 is 1.50 bits per heavy atom. The minimum atomic E-state index is -1.11. The van der Waals surface area contributed by atoms with Gasteiger partial charge in [-0.1, -0.05) is 12.1 Å². The number of rotatable bonds is 4. The average molecular weight is 219 g/mol. The maximum atomic E-state index is 10.5. The fraction of sp³-hybridized carbons (Fsp3) is 0.333. The van der Waals surface area contributed by atoms with Crippen LogP contribution in [0.4, 0.5) is 0 Å². The number of carbonyl (C=O) groups is 1. The molecule has 0 aliphatic heterocycles. The molecule has 0 heterocycles. The molecule has 1 aromatic carbocycles. The number of aldehydes is 1. The van der Waals surface area contributed by atoms with Crippen LogP contribution in [0.3, 0.4) is 0 Å². The molecule has 16 heavy (non-hydrogen) atoms. The van der Waals surface area contributed by atoms with Crippen LogP contribution in [0.15, 0.2) is 18.2 Å². The van der Waals surface area contributed by atoms with E-state index in [1.54, 1.807) is 31.2 Å². The van der Waals surface area contributed by atoms with Gasteiger partial charge in [0.1, 0.15) is 12.4 Å². The molecule has 0 fully saturated rings. The van der Waals surface area contributed by atoms with E-state index in [-0.39, 0.29) is 6.42 Å². The van der Waals surface area contributed by atoms with Gasteiger partial charge in [-0.3, -0.25) is 4.79 Å². The van der Waals surface area contributed by atoms with E-state index >= 15 is 0 Å². The first kappa shape index (κ1) is 12.4. The number of nitriles is 1. The van der Waals surface area contributed by atoms with Gasteiger partial charge in [0.05, 0.1) is 18.6 Å². The van der Waals surface area contributed by atoms with E-state index in [1.807, 2.05) is 0 Å². The lowest BCUT2D eigenvalue weighted by molar-refractivity contribution is 0.0212. The SMILES string of the molecule is Cc1cc(C=O)ccc1C(O)C(O)CC#N. The van der Waals surface area contributed by atoms with Gasteiger partial charge in [0.25, 0.3) is 0 Å². The number of aryl methyl sites for hydroxylation is 1. The van der Waals surface area contributed by atoms with Crippen LogP contribution in [-0.4, -0.2) is 22.6 Å². The lowest BCUT2D eigenvalue weighted by Gasteiger charge is -2.17. The fourth-order valence-corrected chi connectivity index (χ4v) is 1.52. The molecular weight excluding hydrogens is 206 g/mol. The van der Waals surface area contributed by atoms with Gasteiger partial charge in [0.15, 0.2) is 0 Å². The third-order valence-corrected chi connectivity index (χ3v) is 2.41. The zero-order valence-electron chi connectivity index (χ0n) is 8.92. The number of nitrogens with zero attached hydrogens (tertiary/aromatic N) is 1. The first-order valence-electron chi connectivity index (χ1n) is 4.89. The summed E-state index contributed by atoms with van der Waals surface area (Å²) in [4.78, 5) is 10.5. The largest absolute Gasteiger partial charge is 0.389 e. The highest BCUT2D eigenvalue weighted by molar-refractivity contribution is 5.75. The van der Waals surface area contributed by atoms with Crippen molar-refractivity contribution in [3.63, 3.8) is 0 Å². The van der Waals surface area contributed by atoms with Gasteiger partial charge in [0, 0.05) is 5.56 Å². The van der Waals surface area contributed by atoms with Crippen LogP contribution >= 0.6 is 0 Å². The number of aliphatic hydroxyl groups excluding tert-OH is 2. The smallest absolute Gasteiger partial charge is 0.150 e. The Morgan fingerprint density at radius 2 is 2.19 bits per heavy atom. The van der Waals surface area contributed by atoms with Crippen molar-refractivity contribution in [2.24, 2.45) is 0 Å². The van der Waals surface area contributed by atoms with Crippen LogP contribution in [0.2, 0.25) is 0 Å². The van der Waals surface area contributed by atoms with E-state index in [0.29, 0.717) is 16.7 Å². The zero-order chi connectivity index (χ0) is 12.1. The molecule has 0 aliphatic carbocycles. The van der Waals surface area contributed by atoms with E-state index in [1.165, 1.54) is 0 Å². The number of aliphatic hydroxyl groups is 2. The van der Waals surface area contributed by atoms with E-state index in [0.717, 1.165) is 6.29 Å². The van der Waals surface area contributed by atoms with Gasteiger partial charge in [-0.2, -0.15) is 5.26 Å². The second-order valence-corrected chi connectivity index (χ2v) is 3.61. The van der Waals surface area contributed by atoms with Crippen molar-refractivity contribution < 1.29 is 15.0 Å². The summed E-state index contributed by atoms with van der Waals surface area (Å²) in [5.41, 5.74) is 1.77. The molecule has 2 atom stereocenters. The molecule has 2 N–H and O–H groups in total. The van der Waals surface area contributed by atoms with Gasteiger partial charge in [-0.05, 0) is 24.1 Å². The van der Waals surface area contributed by atoms with Crippen LogP contribution in [0.5, 0.6) is 0 Å². The molecule has 2 unspecified atom stereocenters. The Balaban J connectivity index is 2.96. The van der Waals surface area contributed by atoms with Crippen molar-refractivity contribution in [3.05, 3.63) is 34.9 Å². The van der Waals surface area contributed by atoms with Gasteiger partial charge in [-0.15, -0.1) is 0 Å². The molecule has 0 bridgehead atoms. The van der Waals surface area contributed by atoms with Crippen LogP contribution in [-0.2, 0) is 0 Å². The monoisotopic (exact) mass is 219 g/mol. The summed E-state index contributed by atoms with van der Waals surface area (Å²) in [7, 11) is 0. The molecule has 1 aromatic rings. The lowest BCUT2D eigenvalue weighted by Crippen LogP contribution is -2.18. The molecule has 0 saturated carbocycles. The van der Waals surface area contributed by atoms with Gasteiger partial charge in [-0.25, -0.2) is 0 Å². The highest BCUT2D eigenvalue weighted by Gasteiger charge is 2.19. The van der Waals surface area contributed by atoms with E-state index < -0.39 is 12.2 Å². The molecule has 1 rings (SSSR count). The Labute approximate surface area is 93.8 Å². The fourth-order valence-electron chi connectivity index (χ4n) is 1.52. The molecule has 0 amide bonds. The Hall–Kier alpha value is -1.70. The summed E-state index contributed by atoms with van der Waals surface area (Å²) in [5, 5.41) is 27.7. The Bertz CT molecular complexity index is 423. The highest BCUT2D eigenvalue weighted by Crippen LogP contribution is 2.22. The van der Waals surface area contributed by atoms with Crippen LogP contribution in [0.25, 0.3) is 0 Å². The molecular formula is C12H13NO3. The quantitative estimate of drug-likeness (QED) is 0.743. The summed E-state index contributed by atoms with van der Waals surface area (Å²) in [6.45, 7) is 1.74. The molecule has 0 aromatic heterocycles. The Kier molecular flexibility index (Phi) is 4.18. The van der Waals surface area contributed by atoms with Crippen molar-refractivity contribution >= 4 is 6.29 Å². The van der Waals surface area contributed by atoms with Crippen molar-refractivity contribution in [2.45, 2.75) is 25.6 Å². The van der Waals surface area contributed by atoms with Gasteiger partial charge < -0.3 is 10.2 Å². The molecule has 0 radical (unpaired) electrons. The number of carbonyl (C=O) groups excluding carboxylic acids is 1. The Morgan fingerprint density at radius 3 is 2.69 bits per heavy atom. The topological polar surface area (TPSA) is 81.3 Å². The van der Waals surface area contributed by atoms with Crippen molar-refractivity contribution in [3.8, 4) is 6.07 Å². The van der Waals surface area contributed by atoms with Crippen molar-refractivity contribution in [1.29, 1.82) is 5.26 Å². The molecule has 0 saturated heterocycles. The van der Waals surface area contributed by atoms with Gasteiger partial charge >= 0.3 is 0 Å². The number of benzene rings is 1. The molecule has 0 aliphatic rings. The highest BCUT2D eigenvalue weighted by atomic mass is 16.3. The summed E-state index contributed by atoms with van der Waals surface area (Å²) in [6, 6.07) is 6.58. The van der Waals surface area contributed by atoms with E-state index in [4.69, 9.17) is 5.26 Å². The third-order valence-electron chi connectivity index (χ3n) is 2.41. The van der Waals surface area contributed by atoms with Crippen molar-refractivity contribution in [2.75, 3.05) is 0 Å². The molecule has 84 valence electrons. The van der Waals surface area contributed by atoms with Crippen LogP contribution < -0.4 is 0 Å². The van der Waals surface area contributed by atoms with Gasteiger partial charge in [0.2, 0.25) is 0 Å². The maximum absolute atomic E-state index is 10.5. The minimum absolute atomic E-state index is 0.129. The summed E-state index contributed by atoms with van der Waals surface area (Å²) in [6.07, 6.45) is -1.61. The lowest BCUT2D eigenvalue weighted by atomic mass is 9.96. The summed E-state index contributed by atoms with van der Waals surface area (Å²) >= 11 is 0. The number of hydrogen-bond acceptors (Lipinski definition) is 4. The first-order valence-corrected chi connectivity index (χ1v) is 4.89. The second-order valence-electron chi connectivity index (χ2n) is 3.61. The molecule has 4 heteroatoms. The summed E-state index contributed by atoms with van der Waals surface area (Å²) < 4.78 is 0. The average Bonchev–Trinajstić information content (AvgIpc) is 2.28. The first-order chi connectivity index (χ1) is 7.60. The predicted molar refractivity (Wildman–Crippen MR) is 57.8 cm³/mol. The van der Waals surface area contributed by atoms with Crippen molar-refractivity contribution in [1.82, 2.24) is 0 Å². The molecule has 4 nitrogen and oxygen atoms in total. The zero-order valence-corrected chi connectivity index (χ0v) is 8.92. The summed E-state index contributed by atoms with van der Waals surface area (Å²) in [5.74, 6) is 0. The predicted octanol–water partition coefficient (Wildman–Crippen LogP) is 1.12. The van der Waals surface area contributed by atoms with Crippen LogP contribution in [0.1, 0.15) is 34.0 Å². The molecule has 0 spiro atoms. The standard InChI is InChI=1S/C12H13NO3/c1-8-6-9(7-14)2-3-10(8)12(16)11(15)4-5-13/h2-3,6-7,11-12,15-16H,4H2,1H3. The van der Waals surface area contributed by atoms with Crippen LogP contribution in [0, 0.1) is 18.3 Å². The normalized spacial score (nSPS) is 13.9. The van der Waals surface area contributed by atoms with E-state index in [2.05, 4.69) is 0 Å². The maximum Gasteiger partial charge on any atom is 0.150 e. The third kappa shape index (κ3) is 2.66.